The fraction of sp³-hybridized carbons (Fsp3) is 0.391. The van der Waals surface area contributed by atoms with Gasteiger partial charge in [-0.1, -0.05) is 44.4 Å². The molecule has 0 saturated carbocycles. The summed E-state index contributed by atoms with van der Waals surface area (Å²) in [5, 5.41) is 2.72. The normalized spacial score (nSPS) is 16.3. The van der Waals surface area contributed by atoms with Crippen LogP contribution < -0.4 is 10.2 Å². The SMILES string of the molecule is CCCCCCC(=O)Nc1ccc([C@H]2SCC(=O)N2c2ccc(C)c(F)c2)cc1. The Morgan fingerprint density at radius 3 is 2.62 bits per heavy atom. The Morgan fingerprint density at radius 2 is 1.93 bits per heavy atom. The Labute approximate surface area is 175 Å². The highest BCUT2D eigenvalue weighted by Crippen LogP contribution is 2.42. The predicted molar refractivity (Wildman–Crippen MR) is 118 cm³/mol. The maximum atomic E-state index is 14.0. The number of nitrogens with one attached hydrogen (secondary N) is 1. The number of nitrogens with zero attached hydrogens (tertiary/aromatic N) is 1. The predicted octanol–water partition coefficient (Wildman–Crippen LogP) is 5.82. The van der Waals surface area contributed by atoms with E-state index in [0.29, 0.717) is 23.4 Å². The van der Waals surface area contributed by atoms with Gasteiger partial charge in [0.2, 0.25) is 11.8 Å². The van der Waals surface area contributed by atoms with E-state index in [9.17, 15) is 14.0 Å². The van der Waals surface area contributed by atoms with Crippen molar-refractivity contribution in [3.8, 4) is 0 Å². The van der Waals surface area contributed by atoms with Gasteiger partial charge in [0.1, 0.15) is 11.2 Å². The molecule has 1 saturated heterocycles. The second-order valence-electron chi connectivity index (χ2n) is 7.34. The Morgan fingerprint density at radius 1 is 1.17 bits per heavy atom. The molecule has 0 spiro atoms. The molecular formula is C23H27FN2O2S. The van der Waals surface area contributed by atoms with Crippen molar-refractivity contribution in [3.05, 3.63) is 59.4 Å². The van der Waals surface area contributed by atoms with E-state index in [2.05, 4.69) is 12.2 Å². The molecule has 6 heteroatoms. The first-order valence-electron chi connectivity index (χ1n) is 10.1. The molecule has 29 heavy (non-hydrogen) atoms. The number of anilines is 2. The van der Waals surface area contributed by atoms with Crippen LogP contribution in [0.15, 0.2) is 42.5 Å². The van der Waals surface area contributed by atoms with Gasteiger partial charge in [0.25, 0.3) is 0 Å². The number of aryl methyl sites for hydroxylation is 1. The van der Waals surface area contributed by atoms with Gasteiger partial charge in [-0.15, -0.1) is 11.8 Å². The molecule has 1 N–H and O–H groups in total. The van der Waals surface area contributed by atoms with Crippen LogP contribution in [0.3, 0.4) is 0 Å². The molecule has 1 fully saturated rings. The average Bonchev–Trinajstić information content (AvgIpc) is 3.09. The molecule has 1 aliphatic rings. The van der Waals surface area contributed by atoms with Gasteiger partial charge in [0.15, 0.2) is 0 Å². The number of carbonyl (C=O) groups excluding carboxylic acids is 2. The number of hydrogen-bond donors (Lipinski definition) is 1. The topological polar surface area (TPSA) is 49.4 Å². The van der Waals surface area contributed by atoms with Gasteiger partial charge >= 0.3 is 0 Å². The van der Waals surface area contributed by atoms with Crippen molar-refractivity contribution in [3.63, 3.8) is 0 Å². The molecule has 1 aliphatic heterocycles. The van der Waals surface area contributed by atoms with E-state index in [-0.39, 0.29) is 23.0 Å². The molecular weight excluding hydrogens is 387 g/mol. The summed E-state index contributed by atoms with van der Waals surface area (Å²) in [5.41, 5.74) is 2.82. The van der Waals surface area contributed by atoms with Crippen LogP contribution in [0.5, 0.6) is 0 Å². The summed E-state index contributed by atoms with van der Waals surface area (Å²) in [7, 11) is 0. The number of unbranched alkanes of at least 4 members (excludes halogenated alkanes) is 3. The van der Waals surface area contributed by atoms with Crippen LogP contribution in [0.2, 0.25) is 0 Å². The first-order valence-corrected chi connectivity index (χ1v) is 11.1. The highest BCUT2D eigenvalue weighted by Gasteiger charge is 2.34. The minimum absolute atomic E-state index is 0.0241. The highest BCUT2D eigenvalue weighted by molar-refractivity contribution is 8.00. The molecule has 0 bridgehead atoms. The number of carbonyl (C=O) groups is 2. The number of amides is 2. The third kappa shape index (κ3) is 5.38. The fourth-order valence-electron chi connectivity index (χ4n) is 3.35. The molecule has 3 rings (SSSR count). The van der Waals surface area contributed by atoms with Gasteiger partial charge in [0, 0.05) is 17.8 Å². The number of hydrogen-bond acceptors (Lipinski definition) is 3. The zero-order valence-electron chi connectivity index (χ0n) is 16.9. The lowest BCUT2D eigenvalue weighted by Gasteiger charge is -2.25. The third-order valence-corrected chi connectivity index (χ3v) is 6.25. The molecule has 1 heterocycles. The Balaban J connectivity index is 1.67. The van der Waals surface area contributed by atoms with Gasteiger partial charge in [0.05, 0.1) is 5.75 Å². The largest absolute Gasteiger partial charge is 0.326 e. The van der Waals surface area contributed by atoms with E-state index in [0.717, 1.165) is 36.9 Å². The van der Waals surface area contributed by atoms with E-state index in [4.69, 9.17) is 0 Å². The molecule has 0 radical (unpaired) electrons. The average molecular weight is 415 g/mol. The van der Waals surface area contributed by atoms with Gasteiger partial charge < -0.3 is 5.32 Å². The van der Waals surface area contributed by atoms with Crippen LogP contribution in [0.25, 0.3) is 0 Å². The molecule has 2 aromatic carbocycles. The van der Waals surface area contributed by atoms with Crippen molar-refractivity contribution in [1.29, 1.82) is 0 Å². The Bertz CT molecular complexity index is 870. The van der Waals surface area contributed by atoms with Crippen molar-refractivity contribution < 1.29 is 14.0 Å². The van der Waals surface area contributed by atoms with Crippen LogP contribution in [0, 0.1) is 12.7 Å². The lowest BCUT2D eigenvalue weighted by atomic mass is 10.1. The fourth-order valence-corrected chi connectivity index (χ4v) is 4.53. The molecule has 154 valence electrons. The molecule has 2 amide bonds. The van der Waals surface area contributed by atoms with E-state index >= 15 is 0 Å². The molecule has 1 atom stereocenters. The summed E-state index contributed by atoms with van der Waals surface area (Å²) in [6.07, 6.45) is 4.81. The second kappa shape index (κ2) is 9.92. The monoisotopic (exact) mass is 414 g/mol. The minimum atomic E-state index is -0.317. The van der Waals surface area contributed by atoms with Gasteiger partial charge in [-0.25, -0.2) is 4.39 Å². The van der Waals surface area contributed by atoms with E-state index < -0.39 is 0 Å². The van der Waals surface area contributed by atoms with Crippen molar-refractivity contribution >= 4 is 35.0 Å². The van der Waals surface area contributed by atoms with Crippen molar-refractivity contribution in [2.75, 3.05) is 16.0 Å². The van der Waals surface area contributed by atoms with Crippen molar-refractivity contribution in [2.24, 2.45) is 0 Å². The zero-order chi connectivity index (χ0) is 20.8. The Kier molecular flexibility index (Phi) is 7.31. The standard InChI is InChI=1S/C23H27FN2O2S/c1-3-4-5-6-7-21(27)25-18-11-9-17(10-12-18)23-26(22(28)15-29-23)19-13-8-16(2)20(24)14-19/h8-14,23H,3-7,15H2,1-2H3,(H,25,27)/t23-/m1/s1. The van der Waals surface area contributed by atoms with Crippen LogP contribution >= 0.6 is 11.8 Å². The van der Waals surface area contributed by atoms with E-state index in [1.165, 1.54) is 17.8 Å². The summed E-state index contributed by atoms with van der Waals surface area (Å²) in [6.45, 7) is 3.85. The Hall–Kier alpha value is -2.34. The zero-order valence-corrected chi connectivity index (χ0v) is 17.7. The summed E-state index contributed by atoms with van der Waals surface area (Å²) in [4.78, 5) is 26.1. The first-order chi connectivity index (χ1) is 14.0. The summed E-state index contributed by atoms with van der Waals surface area (Å²) in [5.74, 6) is 0.0304. The van der Waals surface area contributed by atoms with Crippen molar-refractivity contribution in [1.82, 2.24) is 0 Å². The lowest BCUT2D eigenvalue weighted by molar-refractivity contribution is -0.116. The summed E-state index contributed by atoms with van der Waals surface area (Å²) < 4.78 is 14.0. The number of rotatable bonds is 8. The maximum Gasteiger partial charge on any atom is 0.238 e. The van der Waals surface area contributed by atoms with Crippen molar-refractivity contribution in [2.45, 2.75) is 51.3 Å². The summed E-state index contributed by atoms with van der Waals surface area (Å²) in [6, 6.07) is 12.4. The second-order valence-corrected chi connectivity index (χ2v) is 8.41. The van der Waals surface area contributed by atoms with Crippen LogP contribution in [0.4, 0.5) is 15.8 Å². The van der Waals surface area contributed by atoms with Crippen LogP contribution in [-0.2, 0) is 9.59 Å². The highest BCUT2D eigenvalue weighted by atomic mass is 32.2. The molecule has 4 nitrogen and oxygen atoms in total. The molecule has 0 aliphatic carbocycles. The number of benzene rings is 2. The molecule has 2 aromatic rings. The maximum absolute atomic E-state index is 14.0. The minimum Gasteiger partial charge on any atom is -0.326 e. The molecule has 0 unspecified atom stereocenters. The number of halogens is 1. The lowest BCUT2D eigenvalue weighted by Crippen LogP contribution is -2.28. The van der Waals surface area contributed by atoms with Crippen LogP contribution in [-0.4, -0.2) is 17.6 Å². The first kappa shape index (κ1) is 21.4. The third-order valence-electron chi connectivity index (χ3n) is 5.04. The van der Waals surface area contributed by atoms with Gasteiger partial charge in [-0.05, 0) is 48.7 Å². The van der Waals surface area contributed by atoms with Crippen LogP contribution in [0.1, 0.15) is 55.5 Å². The van der Waals surface area contributed by atoms with E-state index in [1.807, 2.05) is 24.3 Å². The smallest absolute Gasteiger partial charge is 0.238 e. The quantitative estimate of drug-likeness (QED) is 0.554. The van der Waals surface area contributed by atoms with Gasteiger partial charge in [-0.3, -0.25) is 14.5 Å². The number of thioether (sulfide) groups is 1. The van der Waals surface area contributed by atoms with Gasteiger partial charge in [-0.2, -0.15) is 0 Å². The summed E-state index contributed by atoms with van der Waals surface area (Å²) >= 11 is 1.52. The van der Waals surface area contributed by atoms with E-state index in [1.54, 1.807) is 24.0 Å². The molecule has 0 aromatic heterocycles.